The summed E-state index contributed by atoms with van der Waals surface area (Å²) in [7, 11) is 0. The van der Waals surface area contributed by atoms with Gasteiger partial charge in [0.25, 0.3) is 0 Å². The van der Waals surface area contributed by atoms with Crippen LogP contribution in [0.1, 0.15) is 23.2 Å². The van der Waals surface area contributed by atoms with E-state index in [1.165, 1.54) is 24.3 Å². The van der Waals surface area contributed by atoms with Crippen molar-refractivity contribution in [3.63, 3.8) is 0 Å². The molecule has 0 spiro atoms. The predicted molar refractivity (Wildman–Crippen MR) is 127 cm³/mol. The number of hydrogen-bond donors (Lipinski definition) is 1. The van der Waals surface area contributed by atoms with Gasteiger partial charge in [-0.25, -0.2) is 9.37 Å². The molecular formula is C25H18ClFN2O2S. The fourth-order valence-corrected chi connectivity index (χ4v) is 4.05. The summed E-state index contributed by atoms with van der Waals surface area (Å²) >= 11 is 7.49. The number of hydrogen-bond acceptors (Lipinski definition) is 4. The first kappa shape index (κ1) is 21.9. The zero-order chi connectivity index (χ0) is 22.5. The molecule has 0 unspecified atom stereocenters. The zero-order valence-corrected chi connectivity index (χ0v) is 18.4. The fourth-order valence-electron chi connectivity index (χ4n) is 3.09. The molecule has 0 saturated carbocycles. The maximum absolute atomic E-state index is 13.0. The number of nitrogens with zero attached hydrogens (tertiary/aromatic N) is 1. The Hall–Kier alpha value is -3.35. The average molecular weight is 465 g/mol. The van der Waals surface area contributed by atoms with Gasteiger partial charge < -0.3 is 5.32 Å². The molecule has 0 aliphatic rings. The number of anilines is 1. The van der Waals surface area contributed by atoms with E-state index in [1.54, 1.807) is 23.5 Å². The van der Waals surface area contributed by atoms with Crippen LogP contribution in [0.2, 0.25) is 5.02 Å². The number of halogens is 2. The van der Waals surface area contributed by atoms with E-state index in [-0.39, 0.29) is 24.5 Å². The van der Waals surface area contributed by atoms with Crippen molar-refractivity contribution in [2.75, 3.05) is 5.32 Å². The SMILES string of the molecule is O=C(CCC(=O)c1ccc(F)cc1)Nc1ccc(-c2csc(-c3ccc(Cl)cc3)n2)cc1. The summed E-state index contributed by atoms with van der Waals surface area (Å²) in [6.07, 6.45) is 0.107. The number of rotatable bonds is 7. The van der Waals surface area contributed by atoms with E-state index in [0.717, 1.165) is 21.8 Å². The molecule has 0 aliphatic carbocycles. The summed E-state index contributed by atoms with van der Waals surface area (Å²) in [6.45, 7) is 0. The topological polar surface area (TPSA) is 59.1 Å². The lowest BCUT2D eigenvalue weighted by molar-refractivity contribution is -0.116. The van der Waals surface area contributed by atoms with Gasteiger partial charge in [0.1, 0.15) is 10.8 Å². The normalized spacial score (nSPS) is 10.7. The van der Waals surface area contributed by atoms with Gasteiger partial charge in [-0.15, -0.1) is 11.3 Å². The Bertz CT molecular complexity index is 1240. The Labute approximate surface area is 193 Å². The van der Waals surface area contributed by atoms with E-state index in [1.807, 2.05) is 41.8 Å². The second-order valence-corrected chi connectivity index (χ2v) is 8.39. The third-order valence-electron chi connectivity index (χ3n) is 4.81. The molecule has 0 saturated heterocycles. The third kappa shape index (κ3) is 5.46. The first-order chi connectivity index (χ1) is 15.5. The first-order valence-electron chi connectivity index (χ1n) is 9.88. The van der Waals surface area contributed by atoms with Gasteiger partial charge in [-0.3, -0.25) is 9.59 Å². The number of benzene rings is 3. The molecule has 1 amide bonds. The van der Waals surface area contributed by atoms with Crippen LogP contribution >= 0.6 is 22.9 Å². The summed E-state index contributed by atoms with van der Waals surface area (Å²) in [4.78, 5) is 29.0. The van der Waals surface area contributed by atoms with Crippen molar-refractivity contribution in [2.24, 2.45) is 0 Å². The molecule has 0 fully saturated rings. The van der Waals surface area contributed by atoms with Crippen molar-refractivity contribution in [3.8, 4) is 21.8 Å². The highest BCUT2D eigenvalue weighted by Gasteiger charge is 2.11. The molecule has 4 rings (SSSR count). The predicted octanol–water partition coefficient (Wildman–Crippen LogP) is 6.87. The third-order valence-corrected chi connectivity index (χ3v) is 5.95. The number of aromatic nitrogens is 1. The summed E-state index contributed by atoms with van der Waals surface area (Å²) in [5.41, 5.74) is 3.82. The molecule has 0 atom stereocenters. The molecule has 1 N–H and O–H groups in total. The van der Waals surface area contributed by atoms with Crippen LogP contribution < -0.4 is 5.32 Å². The first-order valence-corrected chi connectivity index (χ1v) is 11.1. The summed E-state index contributed by atoms with van der Waals surface area (Å²) < 4.78 is 13.0. The Morgan fingerprint density at radius 1 is 0.875 bits per heavy atom. The second-order valence-electron chi connectivity index (χ2n) is 7.10. The molecule has 160 valence electrons. The fraction of sp³-hybridized carbons (Fsp3) is 0.0800. The number of thiazole rings is 1. The highest BCUT2D eigenvalue weighted by Crippen LogP contribution is 2.30. The van der Waals surface area contributed by atoms with Gasteiger partial charge in [-0.2, -0.15) is 0 Å². The van der Waals surface area contributed by atoms with E-state index in [4.69, 9.17) is 11.6 Å². The monoisotopic (exact) mass is 464 g/mol. The number of nitrogens with one attached hydrogen (secondary N) is 1. The van der Waals surface area contributed by atoms with Crippen molar-refractivity contribution >= 4 is 40.3 Å². The largest absolute Gasteiger partial charge is 0.326 e. The second kappa shape index (κ2) is 9.85. The highest BCUT2D eigenvalue weighted by atomic mass is 35.5. The Morgan fingerprint density at radius 2 is 1.53 bits per heavy atom. The van der Waals surface area contributed by atoms with Crippen molar-refractivity contribution in [2.45, 2.75) is 12.8 Å². The minimum absolute atomic E-state index is 0.0501. The smallest absolute Gasteiger partial charge is 0.224 e. The summed E-state index contributed by atoms with van der Waals surface area (Å²) in [5.74, 6) is -0.857. The van der Waals surface area contributed by atoms with Crippen LogP contribution in [0.4, 0.5) is 10.1 Å². The van der Waals surface area contributed by atoms with E-state index >= 15 is 0 Å². The van der Waals surface area contributed by atoms with Crippen LogP contribution in [0.3, 0.4) is 0 Å². The van der Waals surface area contributed by atoms with Gasteiger partial charge in [0.2, 0.25) is 5.91 Å². The van der Waals surface area contributed by atoms with Gasteiger partial charge in [0.05, 0.1) is 5.69 Å². The molecule has 32 heavy (non-hydrogen) atoms. The van der Waals surface area contributed by atoms with Gasteiger partial charge in [-0.1, -0.05) is 35.9 Å². The van der Waals surface area contributed by atoms with Crippen molar-refractivity contribution in [3.05, 3.63) is 94.6 Å². The molecule has 3 aromatic carbocycles. The molecule has 7 heteroatoms. The minimum atomic E-state index is -0.401. The van der Waals surface area contributed by atoms with Crippen LogP contribution in [0.25, 0.3) is 21.8 Å². The maximum atomic E-state index is 13.0. The van der Waals surface area contributed by atoms with Crippen LogP contribution in [0.15, 0.2) is 78.2 Å². The van der Waals surface area contributed by atoms with Crippen molar-refractivity contribution < 1.29 is 14.0 Å². The molecule has 4 nitrogen and oxygen atoms in total. The summed E-state index contributed by atoms with van der Waals surface area (Å²) in [5, 5.41) is 6.36. The Kier molecular flexibility index (Phi) is 6.73. The number of ketones is 1. The quantitative estimate of drug-likeness (QED) is 0.303. The number of amides is 1. The van der Waals surface area contributed by atoms with Crippen LogP contribution in [-0.2, 0) is 4.79 Å². The van der Waals surface area contributed by atoms with Gasteiger partial charge >= 0.3 is 0 Å². The molecule has 0 radical (unpaired) electrons. The van der Waals surface area contributed by atoms with Crippen LogP contribution in [0.5, 0.6) is 0 Å². The van der Waals surface area contributed by atoms with Crippen molar-refractivity contribution in [1.29, 1.82) is 0 Å². The minimum Gasteiger partial charge on any atom is -0.326 e. The summed E-state index contributed by atoms with van der Waals surface area (Å²) in [6, 6.07) is 20.2. The van der Waals surface area contributed by atoms with Gasteiger partial charge in [-0.05, 0) is 48.5 Å². The molecule has 4 aromatic rings. The van der Waals surface area contributed by atoms with E-state index < -0.39 is 5.82 Å². The molecule has 1 aromatic heterocycles. The van der Waals surface area contributed by atoms with Gasteiger partial charge in [0.15, 0.2) is 5.78 Å². The number of carbonyl (C=O) groups is 2. The van der Waals surface area contributed by atoms with E-state index in [0.29, 0.717) is 16.3 Å². The van der Waals surface area contributed by atoms with E-state index in [9.17, 15) is 14.0 Å². The molecule has 0 aliphatic heterocycles. The van der Waals surface area contributed by atoms with Crippen LogP contribution in [-0.4, -0.2) is 16.7 Å². The van der Waals surface area contributed by atoms with E-state index in [2.05, 4.69) is 10.3 Å². The highest BCUT2D eigenvalue weighted by molar-refractivity contribution is 7.13. The van der Waals surface area contributed by atoms with Gasteiger partial charge in [0, 0.05) is 45.6 Å². The average Bonchev–Trinajstić information content (AvgIpc) is 3.29. The van der Waals surface area contributed by atoms with Crippen LogP contribution in [0, 0.1) is 5.82 Å². The molecule has 0 bridgehead atoms. The standard InChI is InChI=1S/C25H18ClFN2O2S/c26-19-7-1-18(2-8-19)25-29-22(15-32-25)16-5-11-21(12-6-16)28-24(31)14-13-23(30)17-3-9-20(27)10-4-17/h1-12,15H,13-14H2,(H,28,31). The lowest BCUT2D eigenvalue weighted by Gasteiger charge is -2.06. The zero-order valence-electron chi connectivity index (χ0n) is 16.8. The number of carbonyl (C=O) groups excluding carboxylic acids is 2. The van der Waals surface area contributed by atoms with Crippen molar-refractivity contribution in [1.82, 2.24) is 4.98 Å². The lowest BCUT2D eigenvalue weighted by atomic mass is 10.1. The maximum Gasteiger partial charge on any atom is 0.224 e. The molecule has 1 heterocycles. The Balaban J connectivity index is 1.33. The number of Topliss-reactive ketones (excluding diaryl/α,β-unsaturated/α-hetero) is 1. The Morgan fingerprint density at radius 3 is 2.22 bits per heavy atom. The lowest BCUT2D eigenvalue weighted by Crippen LogP contribution is -2.13. The molecular weight excluding hydrogens is 447 g/mol.